The van der Waals surface area contributed by atoms with E-state index in [0.717, 1.165) is 25.5 Å². The number of nitrogens with zero attached hydrogens (tertiary/aromatic N) is 1. The third kappa shape index (κ3) is 1.07. The Balaban J connectivity index is 2.43. The SMILES string of the molecule is Cn1cc2c(c1)C(C=O)CCC2. The average molecular weight is 163 g/mol. The number of aryl methyl sites for hydroxylation is 2. The highest BCUT2D eigenvalue weighted by atomic mass is 16.1. The highest BCUT2D eigenvalue weighted by molar-refractivity contribution is 5.63. The molecule has 64 valence electrons. The zero-order valence-corrected chi connectivity index (χ0v) is 7.29. The van der Waals surface area contributed by atoms with Gasteiger partial charge in [0.25, 0.3) is 0 Å². The lowest BCUT2D eigenvalue weighted by atomic mass is 9.87. The van der Waals surface area contributed by atoms with Crippen LogP contribution < -0.4 is 0 Å². The molecule has 1 aliphatic rings. The molecule has 2 nitrogen and oxygen atoms in total. The van der Waals surface area contributed by atoms with Gasteiger partial charge in [-0.25, -0.2) is 0 Å². The monoisotopic (exact) mass is 163 g/mol. The van der Waals surface area contributed by atoms with Crippen LogP contribution in [0.2, 0.25) is 0 Å². The molecule has 1 heterocycles. The lowest BCUT2D eigenvalue weighted by Gasteiger charge is -2.16. The Kier molecular flexibility index (Phi) is 1.75. The van der Waals surface area contributed by atoms with Crippen LogP contribution in [0.25, 0.3) is 0 Å². The second-order valence-electron chi connectivity index (χ2n) is 3.54. The Bertz CT molecular complexity index is 301. The van der Waals surface area contributed by atoms with Crippen LogP contribution >= 0.6 is 0 Å². The molecule has 2 rings (SSSR count). The van der Waals surface area contributed by atoms with Crippen LogP contribution in [0.3, 0.4) is 0 Å². The number of carbonyl (C=O) groups excluding carboxylic acids is 1. The van der Waals surface area contributed by atoms with Gasteiger partial charge in [0.1, 0.15) is 6.29 Å². The molecule has 1 unspecified atom stereocenters. The second kappa shape index (κ2) is 2.77. The van der Waals surface area contributed by atoms with Crippen molar-refractivity contribution in [3.8, 4) is 0 Å². The van der Waals surface area contributed by atoms with E-state index in [1.165, 1.54) is 11.1 Å². The van der Waals surface area contributed by atoms with Crippen molar-refractivity contribution in [3.05, 3.63) is 23.5 Å². The maximum Gasteiger partial charge on any atom is 0.127 e. The van der Waals surface area contributed by atoms with Crippen LogP contribution in [0, 0.1) is 0 Å². The van der Waals surface area contributed by atoms with Gasteiger partial charge < -0.3 is 9.36 Å². The summed E-state index contributed by atoms with van der Waals surface area (Å²) in [4.78, 5) is 10.7. The molecule has 0 bridgehead atoms. The summed E-state index contributed by atoms with van der Waals surface area (Å²) in [5.74, 6) is 0.162. The van der Waals surface area contributed by atoms with Gasteiger partial charge in [-0.3, -0.25) is 0 Å². The normalized spacial score (nSPS) is 21.9. The highest BCUT2D eigenvalue weighted by Gasteiger charge is 2.20. The number of aldehydes is 1. The summed E-state index contributed by atoms with van der Waals surface area (Å²) in [5.41, 5.74) is 2.61. The molecule has 12 heavy (non-hydrogen) atoms. The summed E-state index contributed by atoms with van der Waals surface area (Å²) in [6.45, 7) is 0. The molecule has 0 aliphatic heterocycles. The largest absolute Gasteiger partial charge is 0.357 e. The van der Waals surface area contributed by atoms with Crippen LogP contribution in [0.5, 0.6) is 0 Å². The molecular weight excluding hydrogens is 150 g/mol. The van der Waals surface area contributed by atoms with Crippen molar-refractivity contribution in [2.24, 2.45) is 7.05 Å². The van der Waals surface area contributed by atoms with Gasteiger partial charge in [-0.05, 0) is 30.4 Å². The van der Waals surface area contributed by atoms with Crippen molar-refractivity contribution in [1.82, 2.24) is 4.57 Å². The van der Waals surface area contributed by atoms with E-state index >= 15 is 0 Å². The summed E-state index contributed by atoms with van der Waals surface area (Å²) < 4.78 is 2.05. The summed E-state index contributed by atoms with van der Waals surface area (Å²) in [5, 5.41) is 0. The fourth-order valence-electron chi connectivity index (χ4n) is 2.01. The Morgan fingerprint density at radius 2 is 2.42 bits per heavy atom. The zero-order valence-electron chi connectivity index (χ0n) is 7.29. The van der Waals surface area contributed by atoms with Crippen molar-refractivity contribution >= 4 is 6.29 Å². The first-order valence-corrected chi connectivity index (χ1v) is 4.41. The van der Waals surface area contributed by atoms with Crippen molar-refractivity contribution in [3.63, 3.8) is 0 Å². The van der Waals surface area contributed by atoms with E-state index in [-0.39, 0.29) is 5.92 Å². The van der Waals surface area contributed by atoms with Crippen molar-refractivity contribution in [2.75, 3.05) is 0 Å². The quantitative estimate of drug-likeness (QED) is 0.577. The van der Waals surface area contributed by atoms with Gasteiger partial charge >= 0.3 is 0 Å². The number of hydrogen-bond acceptors (Lipinski definition) is 1. The molecule has 1 atom stereocenters. The number of carbonyl (C=O) groups is 1. The van der Waals surface area contributed by atoms with E-state index < -0.39 is 0 Å². The first-order valence-electron chi connectivity index (χ1n) is 4.41. The zero-order chi connectivity index (χ0) is 8.55. The Labute approximate surface area is 72.2 Å². The fourth-order valence-corrected chi connectivity index (χ4v) is 2.01. The molecule has 0 saturated carbocycles. The molecule has 0 radical (unpaired) electrons. The minimum absolute atomic E-state index is 0.162. The number of hydrogen-bond donors (Lipinski definition) is 0. The smallest absolute Gasteiger partial charge is 0.127 e. The maximum absolute atomic E-state index is 10.7. The molecule has 0 saturated heterocycles. The minimum Gasteiger partial charge on any atom is -0.357 e. The minimum atomic E-state index is 0.162. The van der Waals surface area contributed by atoms with E-state index in [1.54, 1.807) is 0 Å². The Hall–Kier alpha value is -1.05. The molecule has 1 aliphatic carbocycles. The van der Waals surface area contributed by atoms with Crippen LogP contribution in [-0.2, 0) is 18.3 Å². The third-order valence-electron chi connectivity index (χ3n) is 2.60. The third-order valence-corrected chi connectivity index (χ3v) is 2.60. The predicted molar refractivity (Wildman–Crippen MR) is 47.2 cm³/mol. The van der Waals surface area contributed by atoms with Gasteiger partial charge in [0, 0.05) is 25.4 Å². The first-order chi connectivity index (χ1) is 5.81. The molecule has 1 aromatic rings. The maximum atomic E-state index is 10.7. The molecule has 1 aromatic heterocycles. The van der Waals surface area contributed by atoms with Gasteiger partial charge in [-0.2, -0.15) is 0 Å². The number of aromatic nitrogens is 1. The lowest BCUT2D eigenvalue weighted by molar-refractivity contribution is -0.109. The van der Waals surface area contributed by atoms with Crippen molar-refractivity contribution < 1.29 is 4.79 Å². The number of rotatable bonds is 1. The predicted octanol–water partition coefficient (Wildman–Crippen LogP) is 1.64. The molecule has 0 N–H and O–H groups in total. The van der Waals surface area contributed by atoms with Crippen molar-refractivity contribution in [1.29, 1.82) is 0 Å². The molecule has 0 aromatic carbocycles. The standard InChI is InChI=1S/C10H13NO/c1-11-5-8-3-2-4-9(7-12)10(8)6-11/h5-7,9H,2-4H2,1H3. The van der Waals surface area contributed by atoms with E-state index in [1.807, 2.05) is 11.6 Å². The van der Waals surface area contributed by atoms with E-state index in [2.05, 4.69) is 12.4 Å². The molecular formula is C10H13NO. The van der Waals surface area contributed by atoms with Gasteiger partial charge in [-0.15, -0.1) is 0 Å². The fraction of sp³-hybridized carbons (Fsp3) is 0.500. The van der Waals surface area contributed by atoms with Gasteiger partial charge in [0.05, 0.1) is 0 Å². The average Bonchev–Trinajstić information content (AvgIpc) is 2.44. The summed E-state index contributed by atoms with van der Waals surface area (Å²) in [7, 11) is 2.01. The van der Waals surface area contributed by atoms with Crippen LogP contribution in [0.4, 0.5) is 0 Å². The summed E-state index contributed by atoms with van der Waals surface area (Å²) in [6, 6.07) is 0. The van der Waals surface area contributed by atoms with Crippen LogP contribution in [-0.4, -0.2) is 10.9 Å². The summed E-state index contributed by atoms with van der Waals surface area (Å²) >= 11 is 0. The van der Waals surface area contributed by atoms with E-state index in [4.69, 9.17) is 0 Å². The summed E-state index contributed by atoms with van der Waals surface area (Å²) in [6.07, 6.45) is 8.61. The van der Waals surface area contributed by atoms with Gasteiger partial charge in [0.15, 0.2) is 0 Å². The first kappa shape index (κ1) is 7.59. The second-order valence-corrected chi connectivity index (χ2v) is 3.54. The Morgan fingerprint density at radius 3 is 3.17 bits per heavy atom. The highest BCUT2D eigenvalue weighted by Crippen LogP contribution is 2.30. The van der Waals surface area contributed by atoms with Gasteiger partial charge in [-0.1, -0.05) is 0 Å². The van der Waals surface area contributed by atoms with E-state index in [0.29, 0.717) is 0 Å². The molecule has 0 amide bonds. The topological polar surface area (TPSA) is 22.0 Å². The van der Waals surface area contributed by atoms with Crippen molar-refractivity contribution in [2.45, 2.75) is 25.2 Å². The molecule has 0 spiro atoms. The number of fused-ring (bicyclic) bond motifs is 1. The molecule has 2 heteroatoms. The van der Waals surface area contributed by atoms with Crippen LogP contribution in [0.15, 0.2) is 12.4 Å². The van der Waals surface area contributed by atoms with Crippen LogP contribution in [0.1, 0.15) is 29.9 Å². The molecule has 0 fully saturated rings. The Morgan fingerprint density at radius 1 is 1.58 bits per heavy atom. The van der Waals surface area contributed by atoms with E-state index in [9.17, 15) is 4.79 Å². The van der Waals surface area contributed by atoms with Gasteiger partial charge in [0.2, 0.25) is 0 Å². The lowest BCUT2D eigenvalue weighted by Crippen LogP contribution is -2.07.